The molecule has 4 nitrogen and oxygen atoms in total. The quantitative estimate of drug-likeness (QED) is 0.712. The topological polar surface area (TPSA) is 55.1 Å². The van der Waals surface area contributed by atoms with Gasteiger partial charge < -0.3 is 9.73 Å². The highest BCUT2D eigenvalue weighted by Crippen LogP contribution is 2.22. The Balaban J connectivity index is 1.48. The Bertz CT molecular complexity index is 810. The van der Waals surface area contributed by atoms with E-state index in [4.69, 9.17) is 4.42 Å². The van der Waals surface area contributed by atoms with Crippen LogP contribution in [0.15, 0.2) is 65.1 Å². The van der Waals surface area contributed by atoms with Gasteiger partial charge in [0.15, 0.2) is 0 Å². The van der Waals surface area contributed by atoms with Crippen LogP contribution in [0.3, 0.4) is 0 Å². The number of carbonyl (C=O) groups excluding carboxylic acids is 1. The molecule has 3 aromatic rings. The molecule has 0 saturated carbocycles. The van der Waals surface area contributed by atoms with Crippen LogP contribution in [0.25, 0.3) is 11.5 Å². The van der Waals surface area contributed by atoms with E-state index in [2.05, 4.69) is 22.4 Å². The first-order valence-electron chi connectivity index (χ1n) is 8.55. The summed E-state index contributed by atoms with van der Waals surface area (Å²) in [6.45, 7) is 2.54. The van der Waals surface area contributed by atoms with Crippen molar-refractivity contribution in [2.45, 2.75) is 26.2 Å². The van der Waals surface area contributed by atoms with Crippen molar-refractivity contribution in [1.82, 2.24) is 10.3 Å². The lowest BCUT2D eigenvalue weighted by Crippen LogP contribution is -2.25. The Hall–Kier alpha value is -2.88. The minimum absolute atomic E-state index is 0.0413. The molecule has 128 valence electrons. The zero-order valence-corrected chi connectivity index (χ0v) is 14.4. The summed E-state index contributed by atoms with van der Waals surface area (Å²) in [5.74, 6) is 1.42. The number of nitrogens with one attached hydrogen (secondary N) is 1. The van der Waals surface area contributed by atoms with Crippen molar-refractivity contribution >= 4 is 5.91 Å². The van der Waals surface area contributed by atoms with E-state index < -0.39 is 0 Å². The third-order valence-electron chi connectivity index (χ3n) is 4.08. The van der Waals surface area contributed by atoms with E-state index in [1.807, 2.05) is 55.5 Å². The molecule has 25 heavy (non-hydrogen) atoms. The van der Waals surface area contributed by atoms with Gasteiger partial charge in [0, 0.05) is 24.9 Å². The molecule has 0 atom stereocenters. The van der Waals surface area contributed by atoms with Crippen LogP contribution in [0.1, 0.15) is 23.4 Å². The molecule has 4 heteroatoms. The molecule has 0 unspecified atom stereocenters. The first-order chi connectivity index (χ1) is 12.2. The lowest BCUT2D eigenvalue weighted by atomic mass is 10.1. The number of aromatic nitrogens is 1. The normalized spacial score (nSPS) is 10.6. The molecule has 1 amide bonds. The Morgan fingerprint density at radius 2 is 1.68 bits per heavy atom. The van der Waals surface area contributed by atoms with Crippen molar-refractivity contribution in [3.05, 3.63) is 77.7 Å². The average molecular weight is 334 g/mol. The average Bonchev–Trinajstić information content (AvgIpc) is 3.02. The molecule has 0 bridgehead atoms. The van der Waals surface area contributed by atoms with Crippen molar-refractivity contribution < 1.29 is 9.21 Å². The summed E-state index contributed by atoms with van der Waals surface area (Å²) < 4.78 is 5.73. The third kappa shape index (κ3) is 4.80. The maximum absolute atomic E-state index is 12.0. The van der Waals surface area contributed by atoms with Gasteiger partial charge in [0.2, 0.25) is 11.8 Å². The first-order valence-corrected chi connectivity index (χ1v) is 8.55. The van der Waals surface area contributed by atoms with Crippen LogP contribution in [0.5, 0.6) is 0 Å². The van der Waals surface area contributed by atoms with Crippen LogP contribution in [0.4, 0.5) is 0 Å². The molecule has 1 N–H and O–H groups in total. The van der Waals surface area contributed by atoms with Gasteiger partial charge in [0.25, 0.3) is 0 Å². The fraction of sp³-hybridized carbons (Fsp3) is 0.238. The highest BCUT2D eigenvalue weighted by atomic mass is 16.4. The van der Waals surface area contributed by atoms with E-state index in [0.717, 1.165) is 23.4 Å². The third-order valence-corrected chi connectivity index (χ3v) is 4.08. The molecule has 1 heterocycles. The molecule has 2 aromatic carbocycles. The Morgan fingerprint density at radius 3 is 2.40 bits per heavy atom. The van der Waals surface area contributed by atoms with E-state index in [1.165, 1.54) is 5.56 Å². The summed E-state index contributed by atoms with van der Waals surface area (Å²) in [7, 11) is 0. The molecule has 0 spiro atoms. The van der Waals surface area contributed by atoms with Crippen molar-refractivity contribution in [3.63, 3.8) is 0 Å². The molecule has 1 aromatic heterocycles. The Morgan fingerprint density at radius 1 is 1.00 bits per heavy atom. The summed E-state index contributed by atoms with van der Waals surface area (Å²) in [6, 6.07) is 19.9. The first kappa shape index (κ1) is 17.0. The number of rotatable bonds is 7. The Kier molecular flexibility index (Phi) is 5.62. The maximum atomic E-state index is 12.0. The van der Waals surface area contributed by atoms with Crippen LogP contribution < -0.4 is 5.32 Å². The summed E-state index contributed by atoms with van der Waals surface area (Å²) in [5.41, 5.74) is 3.02. The van der Waals surface area contributed by atoms with Crippen LogP contribution in [0, 0.1) is 6.92 Å². The molecule has 0 radical (unpaired) electrons. The van der Waals surface area contributed by atoms with Crippen LogP contribution in [-0.2, 0) is 17.6 Å². The summed E-state index contributed by atoms with van der Waals surface area (Å²) in [5, 5.41) is 2.96. The van der Waals surface area contributed by atoms with Gasteiger partial charge in [-0.05, 0) is 31.0 Å². The smallest absolute Gasteiger partial charge is 0.226 e. The SMILES string of the molecule is Cc1oc(-c2ccccc2)nc1CCC(=O)NCCc1ccccc1. The van der Waals surface area contributed by atoms with Crippen LogP contribution in [-0.4, -0.2) is 17.4 Å². The minimum atomic E-state index is 0.0413. The lowest BCUT2D eigenvalue weighted by molar-refractivity contribution is -0.121. The summed E-state index contributed by atoms with van der Waals surface area (Å²) in [4.78, 5) is 16.6. The number of carbonyl (C=O) groups is 1. The van der Waals surface area contributed by atoms with E-state index >= 15 is 0 Å². The molecule has 3 rings (SSSR count). The predicted molar refractivity (Wildman–Crippen MR) is 98.2 cm³/mol. The number of oxazole rings is 1. The zero-order valence-electron chi connectivity index (χ0n) is 14.4. The molecular formula is C21H22N2O2. The highest BCUT2D eigenvalue weighted by molar-refractivity contribution is 5.76. The number of nitrogens with zero attached hydrogens (tertiary/aromatic N) is 1. The zero-order chi connectivity index (χ0) is 17.5. The van der Waals surface area contributed by atoms with Gasteiger partial charge in [0.1, 0.15) is 5.76 Å². The van der Waals surface area contributed by atoms with Crippen molar-refractivity contribution in [3.8, 4) is 11.5 Å². The van der Waals surface area contributed by atoms with Gasteiger partial charge >= 0.3 is 0 Å². The molecule has 0 fully saturated rings. The van der Waals surface area contributed by atoms with E-state index in [0.29, 0.717) is 25.3 Å². The molecule has 0 aliphatic heterocycles. The predicted octanol–water partition coefficient (Wildman–Crippen LogP) is 3.94. The fourth-order valence-corrected chi connectivity index (χ4v) is 2.68. The molecule has 0 saturated heterocycles. The van der Waals surface area contributed by atoms with Gasteiger partial charge in [-0.15, -0.1) is 0 Å². The second-order valence-electron chi connectivity index (χ2n) is 5.97. The number of aryl methyl sites for hydroxylation is 2. The van der Waals surface area contributed by atoms with Crippen LogP contribution in [0.2, 0.25) is 0 Å². The van der Waals surface area contributed by atoms with Gasteiger partial charge in [-0.2, -0.15) is 0 Å². The summed E-state index contributed by atoms with van der Waals surface area (Å²) in [6.07, 6.45) is 1.84. The van der Waals surface area contributed by atoms with E-state index in [9.17, 15) is 4.79 Å². The van der Waals surface area contributed by atoms with Gasteiger partial charge in [-0.1, -0.05) is 48.5 Å². The lowest BCUT2D eigenvalue weighted by Gasteiger charge is -2.04. The summed E-state index contributed by atoms with van der Waals surface area (Å²) >= 11 is 0. The molecular weight excluding hydrogens is 312 g/mol. The van der Waals surface area contributed by atoms with Gasteiger partial charge in [0.05, 0.1) is 5.69 Å². The molecule has 0 aliphatic rings. The van der Waals surface area contributed by atoms with Crippen molar-refractivity contribution in [1.29, 1.82) is 0 Å². The molecule has 0 aliphatic carbocycles. The highest BCUT2D eigenvalue weighted by Gasteiger charge is 2.12. The van der Waals surface area contributed by atoms with Gasteiger partial charge in [-0.3, -0.25) is 4.79 Å². The number of hydrogen-bond acceptors (Lipinski definition) is 3. The monoisotopic (exact) mass is 334 g/mol. The van der Waals surface area contributed by atoms with Crippen molar-refractivity contribution in [2.24, 2.45) is 0 Å². The second-order valence-corrected chi connectivity index (χ2v) is 5.97. The fourth-order valence-electron chi connectivity index (χ4n) is 2.68. The van der Waals surface area contributed by atoms with E-state index in [1.54, 1.807) is 0 Å². The largest absolute Gasteiger partial charge is 0.441 e. The second kappa shape index (κ2) is 8.29. The number of benzene rings is 2. The number of hydrogen-bond donors (Lipinski definition) is 1. The van der Waals surface area contributed by atoms with Gasteiger partial charge in [-0.25, -0.2) is 4.98 Å². The Labute approximate surface area is 147 Å². The van der Waals surface area contributed by atoms with Crippen LogP contribution >= 0.6 is 0 Å². The maximum Gasteiger partial charge on any atom is 0.226 e. The van der Waals surface area contributed by atoms with Crippen molar-refractivity contribution in [2.75, 3.05) is 6.54 Å². The van der Waals surface area contributed by atoms with E-state index in [-0.39, 0.29) is 5.91 Å². The standard InChI is InChI=1S/C21H22N2O2/c1-16-19(23-21(25-16)18-10-6-3-7-11-18)12-13-20(24)22-15-14-17-8-4-2-5-9-17/h2-11H,12-15H2,1H3,(H,22,24). The number of amides is 1. The minimum Gasteiger partial charge on any atom is -0.441 e.